The molecule has 2 N–H and O–H groups in total. The second-order valence-electron chi connectivity index (χ2n) is 9.19. The number of phenols is 1. The number of aromatic hydroxyl groups is 1. The molecule has 0 saturated carbocycles. The van der Waals surface area contributed by atoms with Crippen molar-refractivity contribution in [2.24, 2.45) is 0 Å². The molecule has 0 aliphatic carbocycles. The van der Waals surface area contributed by atoms with E-state index >= 15 is 0 Å². The number of fused-ring (bicyclic) bond motifs is 5. The molecule has 0 unspecified atom stereocenters. The Morgan fingerprint density at radius 3 is 2.58 bits per heavy atom. The summed E-state index contributed by atoms with van der Waals surface area (Å²) in [7, 11) is 1.53. The molecule has 0 bridgehead atoms. The van der Waals surface area contributed by atoms with Crippen LogP contribution in [0.15, 0.2) is 48.5 Å². The third-order valence-corrected chi connectivity index (χ3v) is 6.20. The number of halogens is 1. The number of methoxy groups -OCH3 is 1. The van der Waals surface area contributed by atoms with Gasteiger partial charge in [0, 0.05) is 22.4 Å². The fraction of sp³-hybridized carbons (Fsp3) is 0.214. The highest BCUT2D eigenvalue weighted by molar-refractivity contribution is 6.02. The van der Waals surface area contributed by atoms with Crippen molar-refractivity contribution in [3.8, 4) is 28.4 Å². The first kappa shape index (κ1) is 21.1. The minimum atomic E-state index is -0.301. The molecule has 33 heavy (non-hydrogen) atoms. The van der Waals surface area contributed by atoms with Crippen LogP contribution in [0.4, 0.5) is 10.1 Å². The second-order valence-corrected chi connectivity index (χ2v) is 9.19. The van der Waals surface area contributed by atoms with Crippen molar-refractivity contribution >= 4 is 23.1 Å². The largest absolute Gasteiger partial charge is 0.504 e. The van der Waals surface area contributed by atoms with Crippen LogP contribution in [0.3, 0.4) is 0 Å². The first-order valence-corrected chi connectivity index (χ1v) is 10.9. The summed E-state index contributed by atoms with van der Waals surface area (Å²) in [6, 6.07) is 12.1. The van der Waals surface area contributed by atoms with Gasteiger partial charge in [-0.3, -0.25) is 0 Å². The van der Waals surface area contributed by atoms with Crippen LogP contribution in [0.25, 0.3) is 28.5 Å². The first-order valence-electron chi connectivity index (χ1n) is 10.9. The molecule has 0 spiro atoms. The van der Waals surface area contributed by atoms with Crippen LogP contribution >= 0.6 is 0 Å². The number of anilines is 1. The average molecular weight is 444 g/mol. The van der Waals surface area contributed by atoms with Crippen LogP contribution in [-0.4, -0.2) is 17.8 Å². The van der Waals surface area contributed by atoms with E-state index in [1.807, 2.05) is 19.1 Å². The van der Waals surface area contributed by atoms with Crippen molar-refractivity contribution in [3.05, 3.63) is 76.6 Å². The predicted molar refractivity (Wildman–Crippen MR) is 131 cm³/mol. The molecule has 168 valence electrons. The molecule has 3 aromatic carbocycles. The SMILES string of the molecule is COc1c(O)ccc2c1-c1ccc3c(c1C(=Cc1cc(F)ccc1C)O2)C(C)=CC(C)(C)N3. The summed E-state index contributed by atoms with van der Waals surface area (Å²) < 4.78 is 26.0. The fourth-order valence-corrected chi connectivity index (χ4v) is 4.86. The lowest BCUT2D eigenvalue weighted by Gasteiger charge is -2.35. The zero-order chi connectivity index (χ0) is 23.5. The zero-order valence-corrected chi connectivity index (χ0v) is 19.3. The topological polar surface area (TPSA) is 50.7 Å². The number of ether oxygens (including phenoxy) is 2. The zero-order valence-electron chi connectivity index (χ0n) is 19.3. The molecule has 5 rings (SSSR count). The van der Waals surface area contributed by atoms with Crippen LogP contribution in [0, 0.1) is 12.7 Å². The van der Waals surface area contributed by atoms with Gasteiger partial charge in [0.1, 0.15) is 17.3 Å². The van der Waals surface area contributed by atoms with Crippen molar-refractivity contribution in [1.29, 1.82) is 0 Å². The third kappa shape index (κ3) is 3.44. The maximum absolute atomic E-state index is 14.1. The van der Waals surface area contributed by atoms with Crippen molar-refractivity contribution in [2.75, 3.05) is 12.4 Å². The van der Waals surface area contributed by atoms with E-state index < -0.39 is 0 Å². The van der Waals surface area contributed by atoms with E-state index in [0.29, 0.717) is 22.8 Å². The normalized spacial score (nSPS) is 16.7. The number of phenolic OH excluding ortho intramolecular Hbond substituents is 1. The van der Waals surface area contributed by atoms with E-state index in [0.717, 1.165) is 39.1 Å². The Morgan fingerprint density at radius 1 is 1.03 bits per heavy atom. The molecule has 3 aromatic rings. The molecule has 0 fully saturated rings. The quantitative estimate of drug-likeness (QED) is 0.447. The van der Waals surface area contributed by atoms with Gasteiger partial charge in [-0.05, 0) is 80.8 Å². The average Bonchev–Trinajstić information content (AvgIpc) is 2.75. The number of benzene rings is 3. The summed E-state index contributed by atoms with van der Waals surface area (Å²) in [6.45, 7) is 8.28. The molecular formula is C28H26FNO3. The molecule has 0 radical (unpaired) electrons. The van der Waals surface area contributed by atoms with Gasteiger partial charge in [0.2, 0.25) is 0 Å². The maximum Gasteiger partial charge on any atom is 0.172 e. The van der Waals surface area contributed by atoms with E-state index in [1.54, 1.807) is 18.2 Å². The maximum atomic E-state index is 14.1. The highest BCUT2D eigenvalue weighted by Gasteiger charge is 2.33. The Labute approximate surface area is 193 Å². The van der Waals surface area contributed by atoms with Gasteiger partial charge in [-0.1, -0.05) is 18.2 Å². The summed E-state index contributed by atoms with van der Waals surface area (Å²) in [5, 5.41) is 14.0. The number of allylic oxidation sites excluding steroid dienone is 1. The first-order chi connectivity index (χ1) is 15.7. The van der Waals surface area contributed by atoms with E-state index in [-0.39, 0.29) is 17.1 Å². The smallest absolute Gasteiger partial charge is 0.172 e. The van der Waals surface area contributed by atoms with Gasteiger partial charge < -0.3 is 19.9 Å². The Morgan fingerprint density at radius 2 is 1.82 bits per heavy atom. The number of hydrogen-bond donors (Lipinski definition) is 2. The second kappa shape index (κ2) is 7.41. The molecule has 2 heterocycles. The molecule has 2 aliphatic rings. The molecule has 2 aliphatic heterocycles. The number of hydrogen-bond acceptors (Lipinski definition) is 4. The lowest BCUT2D eigenvalue weighted by molar-refractivity contribution is 0.371. The van der Waals surface area contributed by atoms with Gasteiger partial charge in [0.25, 0.3) is 0 Å². The van der Waals surface area contributed by atoms with E-state index in [2.05, 4.69) is 38.2 Å². The van der Waals surface area contributed by atoms with Crippen LogP contribution in [0.2, 0.25) is 0 Å². The van der Waals surface area contributed by atoms with Gasteiger partial charge in [-0.2, -0.15) is 0 Å². The highest BCUT2D eigenvalue weighted by atomic mass is 19.1. The standard InChI is InChI=1S/C28H26FNO3/c1-15-6-7-18(29)12-17(15)13-23-25-19(26-22(33-23)11-10-21(31)27(26)32-5)8-9-20-24(25)16(2)14-28(3,4)30-20/h6-14,30-31H,1-5H3. The van der Waals surface area contributed by atoms with E-state index in [4.69, 9.17) is 9.47 Å². The summed E-state index contributed by atoms with van der Waals surface area (Å²) in [5.74, 6) is 1.29. The fourth-order valence-electron chi connectivity index (χ4n) is 4.86. The highest BCUT2D eigenvalue weighted by Crippen LogP contribution is 2.54. The van der Waals surface area contributed by atoms with Gasteiger partial charge in [0.15, 0.2) is 11.5 Å². The summed E-state index contributed by atoms with van der Waals surface area (Å²) in [5.41, 5.74) is 7.07. The Bertz CT molecular complexity index is 1370. The van der Waals surface area contributed by atoms with Crippen molar-refractivity contribution in [1.82, 2.24) is 0 Å². The molecular weight excluding hydrogens is 417 g/mol. The summed E-state index contributed by atoms with van der Waals surface area (Å²) >= 11 is 0. The van der Waals surface area contributed by atoms with Gasteiger partial charge in [-0.15, -0.1) is 0 Å². The monoisotopic (exact) mass is 443 g/mol. The third-order valence-electron chi connectivity index (χ3n) is 6.20. The van der Waals surface area contributed by atoms with Gasteiger partial charge in [0.05, 0.1) is 18.2 Å². The summed E-state index contributed by atoms with van der Waals surface area (Å²) in [6.07, 6.45) is 4.07. The molecule has 0 aromatic heterocycles. The lowest BCUT2D eigenvalue weighted by atomic mass is 9.82. The number of aryl methyl sites for hydroxylation is 1. The van der Waals surface area contributed by atoms with E-state index in [9.17, 15) is 9.50 Å². The Hall–Kier alpha value is -3.73. The number of nitrogens with one attached hydrogen (secondary N) is 1. The van der Waals surface area contributed by atoms with Crippen molar-refractivity contribution in [3.63, 3.8) is 0 Å². The lowest BCUT2D eigenvalue weighted by Crippen LogP contribution is -2.32. The van der Waals surface area contributed by atoms with Crippen molar-refractivity contribution in [2.45, 2.75) is 33.2 Å². The van der Waals surface area contributed by atoms with Crippen LogP contribution < -0.4 is 14.8 Å². The molecule has 0 atom stereocenters. The molecule has 0 saturated heterocycles. The molecule has 5 heteroatoms. The minimum Gasteiger partial charge on any atom is -0.504 e. The minimum absolute atomic E-state index is 0.0449. The van der Waals surface area contributed by atoms with Gasteiger partial charge in [-0.25, -0.2) is 4.39 Å². The van der Waals surface area contributed by atoms with Crippen molar-refractivity contribution < 1.29 is 19.0 Å². The molecule has 0 amide bonds. The predicted octanol–water partition coefficient (Wildman–Crippen LogP) is 7.01. The van der Waals surface area contributed by atoms with Crippen LogP contribution in [0.1, 0.15) is 43.0 Å². The van der Waals surface area contributed by atoms with Gasteiger partial charge >= 0.3 is 0 Å². The van der Waals surface area contributed by atoms with Crippen LogP contribution in [-0.2, 0) is 0 Å². The Kier molecular flexibility index (Phi) is 4.74. The Balaban J connectivity index is 1.85. The molecule has 4 nitrogen and oxygen atoms in total. The number of rotatable bonds is 2. The van der Waals surface area contributed by atoms with Crippen LogP contribution in [0.5, 0.6) is 17.2 Å². The van der Waals surface area contributed by atoms with E-state index in [1.165, 1.54) is 19.2 Å². The summed E-state index contributed by atoms with van der Waals surface area (Å²) in [4.78, 5) is 0.